The fourth-order valence-corrected chi connectivity index (χ4v) is 1.90. The molecule has 1 atom stereocenters. The first kappa shape index (κ1) is 17.6. The van der Waals surface area contributed by atoms with Gasteiger partial charge in [-0.1, -0.05) is 6.92 Å². The zero-order valence-electron chi connectivity index (χ0n) is 11.6. The molecule has 0 heterocycles. The van der Waals surface area contributed by atoms with Gasteiger partial charge in [-0.15, -0.1) is 0 Å². The molecule has 0 fully saturated rings. The van der Waals surface area contributed by atoms with Crippen molar-refractivity contribution in [1.29, 1.82) is 0 Å². The molecular formula is C10H21N3O5S. The number of carboxylic acid groups (broad SMARTS) is 1. The van der Waals surface area contributed by atoms with E-state index in [2.05, 4.69) is 5.32 Å². The SMILES string of the molecule is CC(CN(C)C(=O)NCCS(=O)(=O)N(C)C)C(=O)O. The summed E-state index contributed by atoms with van der Waals surface area (Å²) in [7, 11) is 0.933. The normalized spacial score (nSPS) is 13.1. The van der Waals surface area contributed by atoms with Gasteiger partial charge in [0.1, 0.15) is 0 Å². The van der Waals surface area contributed by atoms with Crippen molar-refractivity contribution in [2.45, 2.75) is 6.92 Å². The maximum atomic E-state index is 11.6. The van der Waals surface area contributed by atoms with E-state index in [9.17, 15) is 18.0 Å². The molecule has 0 aliphatic carbocycles. The molecule has 0 saturated carbocycles. The van der Waals surface area contributed by atoms with Gasteiger partial charge in [-0.3, -0.25) is 4.79 Å². The first-order valence-electron chi connectivity index (χ1n) is 5.70. The van der Waals surface area contributed by atoms with Crippen LogP contribution in [0.15, 0.2) is 0 Å². The number of nitrogens with zero attached hydrogens (tertiary/aromatic N) is 2. The van der Waals surface area contributed by atoms with Crippen molar-refractivity contribution in [3.8, 4) is 0 Å². The van der Waals surface area contributed by atoms with Crippen LogP contribution in [0.5, 0.6) is 0 Å². The molecule has 0 aromatic heterocycles. The number of carbonyl (C=O) groups excluding carboxylic acids is 1. The molecule has 9 heteroatoms. The topological polar surface area (TPSA) is 107 Å². The molecule has 19 heavy (non-hydrogen) atoms. The van der Waals surface area contributed by atoms with Crippen molar-refractivity contribution in [2.24, 2.45) is 5.92 Å². The Hall–Kier alpha value is -1.35. The van der Waals surface area contributed by atoms with E-state index in [0.717, 1.165) is 4.31 Å². The monoisotopic (exact) mass is 295 g/mol. The predicted molar refractivity (Wildman–Crippen MR) is 70.3 cm³/mol. The molecular weight excluding hydrogens is 274 g/mol. The molecule has 0 aromatic carbocycles. The van der Waals surface area contributed by atoms with Gasteiger partial charge in [-0.05, 0) is 0 Å². The summed E-state index contributed by atoms with van der Waals surface area (Å²) < 4.78 is 23.9. The maximum absolute atomic E-state index is 11.6. The highest BCUT2D eigenvalue weighted by Gasteiger charge is 2.18. The van der Waals surface area contributed by atoms with E-state index in [4.69, 9.17) is 5.11 Å². The lowest BCUT2D eigenvalue weighted by molar-refractivity contribution is -0.141. The zero-order valence-corrected chi connectivity index (χ0v) is 12.4. The number of carbonyl (C=O) groups is 2. The molecule has 0 aliphatic rings. The highest BCUT2D eigenvalue weighted by Crippen LogP contribution is 1.98. The van der Waals surface area contributed by atoms with Gasteiger partial charge in [-0.2, -0.15) is 0 Å². The number of nitrogens with one attached hydrogen (secondary N) is 1. The van der Waals surface area contributed by atoms with Crippen molar-refractivity contribution < 1.29 is 23.1 Å². The van der Waals surface area contributed by atoms with E-state index < -0.39 is 27.9 Å². The summed E-state index contributed by atoms with van der Waals surface area (Å²) in [6.07, 6.45) is 0. The van der Waals surface area contributed by atoms with Crippen molar-refractivity contribution in [1.82, 2.24) is 14.5 Å². The molecule has 0 aliphatic heterocycles. The van der Waals surface area contributed by atoms with Crippen LogP contribution in [0.25, 0.3) is 0 Å². The summed E-state index contributed by atoms with van der Waals surface area (Å²) in [4.78, 5) is 23.4. The Labute approximate surface area is 113 Å². The molecule has 1 unspecified atom stereocenters. The fraction of sp³-hybridized carbons (Fsp3) is 0.800. The average Bonchev–Trinajstić information content (AvgIpc) is 2.27. The van der Waals surface area contributed by atoms with E-state index in [1.807, 2.05) is 0 Å². The Kier molecular flexibility index (Phi) is 6.77. The number of hydrogen-bond donors (Lipinski definition) is 2. The van der Waals surface area contributed by atoms with E-state index in [0.29, 0.717) is 0 Å². The molecule has 112 valence electrons. The second-order valence-corrected chi connectivity index (χ2v) is 6.75. The number of aliphatic carboxylic acids is 1. The van der Waals surface area contributed by atoms with Gasteiger partial charge in [-0.25, -0.2) is 17.5 Å². The molecule has 8 nitrogen and oxygen atoms in total. The van der Waals surface area contributed by atoms with Gasteiger partial charge < -0.3 is 15.3 Å². The first-order chi connectivity index (χ1) is 8.58. The molecule has 0 bridgehead atoms. The number of hydrogen-bond acceptors (Lipinski definition) is 4. The van der Waals surface area contributed by atoms with Crippen molar-refractivity contribution >= 4 is 22.0 Å². The molecule has 0 saturated heterocycles. The Balaban J connectivity index is 4.16. The van der Waals surface area contributed by atoms with Gasteiger partial charge >= 0.3 is 12.0 Å². The van der Waals surface area contributed by atoms with E-state index in [1.54, 1.807) is 0 Å². The third kappa shape index (κ3) is 6.39. The van der Waals surface area contributed by atoms with Gasteiger partial charge in [0.15, 0.2) is 0 Å². The summed E-state index contributed by atoms with van der Waals surface area (Å²) >= 11 is 0. The van der Waals surface area contributed by atoms with Gasteiger partial charge in [0.2, 0.25) is 10.0 Å². The second kappa shape index (κ2) is 7.29. The van der Waals surface area contributed by atoms with Crippen molar-refractivity contribution in [2.75, 3.05) is 40.0 Å². The van der Waals surface area contributed by atoms with E-state index in [1.165, 1.54) is 33.0 Å². The standard InChI is InChI=1S/C10H21N3O5S/c1-8(9(14)15)7-13(4)10(16)11-5-6-19(17,18)12(2)3/h8H,5-7H2,1-4H3,(H,11,16)(H,14,15). The Morgan fingerprint density at radius 1 is 1.26 bits per heavy atom. The second-order valence-electron chi connectivity index (χ2n) is 4.45. The number of rotatable bonds is 7. The summed E-state index contributed by atoms with van der Waals surface area (Å²) in [6, 6.07) is -0.498. The third-order valence-electron chi connectivity index (χ3n) is 2.51. The van der Waals surface area contributed by atoms with Crippen LogP contribution >= 0.6 is 0 Å². The van der Waals surface area contributed by atoms with Gasteiger partial charge in [0, 0.05) is 34.2 Å². The number of urea groups is 1. The quantitative estimate of drug-likeness (QED) is 0.642. The first-order valence-corrected chi connectivity index (χ1v) is 7.30. The largest absolute Gasteiger partial charge is 0.481 e. The molecule has 0 radical (unpaired) electrons. The van der Waals surface area contributed by atoms with Crippen molar-refractivity contribution in [3.63, 3.8) is 0 Å². The molecule has 0 spiro atoms. The van der Waals surface area contributed by atoms with Crippen LogP contribution in [-0.4, -0.2) is 74.7 Å². The lowest BCUT2D eigenvalue weighted by Gasteiger charge is -2.20. The van der Waals surface area contributed by atoms with Gasteiger partial charge in [0.05, 0.1) is 11.7 Å². The minimum Gasteiger partial charge on any atom is -0.481 e. The molecule has 2 amide bonds. The van der Waals surface area contributed by atoms with Crippen LogP contribution in [0.1, 0.15) is 6.92 Å². The summed E-state index contributed by atoms with van der Waals surface area (Å²) in [5.74, 6) is -1.87. The molecule has 0 rings (SSSR count). The molecule has 0 aromatic rings. The van der Waals surface area contributed by atoms with Crippen LogP contribution in [0.4, 0.5) is 4.79 Å². The third-order valence-corrected chi connectivity index (χ3v) is 4.34. The summed E-state index contributed by atoms with van der Waals surface area (Å²) in [6.45, 7) is 1.52. The Morgan fingerprint density at radius 3 is 2.21 bits per heavy atom. The van der Waals surface area contributed by atoms with E-state index >= 15 is 0 Å². The lowest BCUT2D eigenvalue weighted by Crippen LogP contribution is -2.43. The van der Waals surface area contributed by atoms with Crippen LogP contribution in [0.3, 0.4) is 0 Å². The summed E-state index contributed by atoms with van der Waals surface area (Å²) in [5, 5.41) is 11.1. The van der Waals surface area contributed by atoms with Crippen LogP contribution in [0, 0.1) is 5.92 Å². The minimum absolute atomic E-state index is 0.0227. The van der Waals surface area contributed by atoms with Crippen LogP contribution in [-0.2, 0) is 14.8 Å². The van der Waals surface area contributed by atoms with Crippen molar-refractivity contribution in [3.05, 3.63) is 0 Å². The highest BCUT2D eigenvalue weighted by molar-refractivity contribution is 7.89. The maximum Gasteiger partial charge on any atom is 0.317 e. The van der Waals surface area contributed by atoms with Gasteiger partial charge in [0.25, 0.3) is 0 Å². The van der Waals surface area contributed by atoms with Crippen LogP contribution in [0.2, 0.25) is 0 Å². The van der Waals surface area contributed by atoms with E-state index in [-0.39, 0.29) is 18.8 Å². The number of amides is 2. The Morgan fingerprint density at radius 2 is 1.79 bits per heavy atom. The molecule has 2 N–H and O–H groups in total. The Bertz CT molecular complexity index is 421. The van der Waals surface area contributed by atoms with Crippen LogP contribution < -0.4 is 5.32 Å². The summed E-state index contributed by atoms with van der Waals surface area (Å²) in [5.41, 5.74) is 0. The average molecular weight is 295 g/mol. The lowest BCUT2D eigenvalue weighted by atomic mass is 10.2. The zero-order chi connectivity index (χ0) is 15.2. The minimum atomic E-state index is -3.35. The number of sulfonamides is 1. The highest BCUT2D eigenvalue weighted by atomic mass is 32.2. The number of carboxylic acids is 1. The smallest absolute Gasteiger partial charge is 0.317 e. The predicted octanol–water partition coefficient (Wildman–Crippen LogP) is -0.760. The fourth-order valence-electron chi connectivity index (χ4n) is 1.18.